The molecule has 2 rings (SSSR count). The summed E-state index contributed by atoms with van der Waals surface area (Å²) in [5.41, 5.74) is 0.709. The van der Waals surface area contributed by atoms with E-state index in [0.717, 1.165) is 0 Å². The predicted octanol–water partition coefficient (Wildman–Crippen LogP) is 3.28. The van der Waals surface area contributed by atoms with Crippen LogP contribution >= 0.6 is 11.6 Å². The Hall–Kier alpha value is -1.89. The van der Waals surface area contributed by atoms with Gasteiger partial charge in [-0.05, 0) is 36.8 Å². The maximum absolute atomic E-state index is 12.3. The highest BCUT2D eigenvalue weighted by molar-refractivity contribution is 7.89. The van der Waals surface area contributed by atoms with E-state index < -0.39 is 15.9 Å². The van der Waals surface area contributed by atoms with Crippen LogP contribution in [0, 0.1) is 0 Å². The molecular formula is C16H17ClN2O3S. The molecule has 0 unspecified atom stereocenters. The van der Waals surface area contributed by atoms with E-state index in [1.807, 2.05) is 6.92 Å². The summed E-state index contributed by atoms with van der Waals surface area (Å²) in [6, 6.07) is 12.7. The second-order valence-corrected chi connectivity index (χ2v) is 7.03. The number of carbonyl (C=O) groups is 1. The van der Waals surface area contributed by atoms with Crippen LogP contribution in [-0.2, 0) is 10.0 Å². The third-order valence-electron chi connectivity index (χ3n) is 3.07. The number of para-hydroxylation sites is 1. The smallest absolute Gasteiger partial charge is 0.255 e. The second-order valence-electron chi connectivity index (χ2n) is 4.86. The summed E-state index contributed by atoms with van der Waals surface area (Å²) in [7, 11) is -3.62. The summed E-state index contributed by atoms with van der Waals surface area (Å²) >= 11 is 6.00. The van der Waals surface area contributed by atoms with Gasteiger partial charge < -0.3 is 5.32 Å². The van der Waals surface area contributed by atoms with Gasteiger partial charge in [0.15, 0.2) is 0 Å². The number of carbonyl (C=O) groups excluding carboxylic acids is 1. The molecule has 0 atom stereocenters. The lowest BCUT2D eigenvalue weighted by molar-refractivity contribution is 0.102. The average Bonchev–Trinajstić information content (AvgIpc) is 2.55. The molecule has 0 aliphatic rings. The van der Waals surface area contributed by atoms with Crippen molar-refractivity contribution < 1.29 is 13.2 Å². The summed E-state index contributed by atoms with van der Waals surface area (Å²) in [5, 5.41) is 3.07. The Morgan fingerprint density at radius 3 is 2.57 bits per heavy atom. The Kier molecular flexibility index (Phi) is 5.76. The molecule has 23 heavy (non-hydrogen) atoms. The summed E-state index contributed by atoms with van der Waals surface area (Å²) in [4.78, 5) is 12.3. The molecule has 0 saturated heterocycles. The predicted molar refractivity (Wildman–Crippen MR) is 91.3 cm³/mol. The van der Waals surface area contributed by atoms with Crippen LogP contribution in [0.15, 0.2) is 53.4 Å². The number of rotatable bonds is 6. The number of halogens is 1. The van der Waals surface area contributed by atoms with Crippen molar-refractivity contribution in [3.8, 4) is 0 Å². The first kappa shape index (κ1) is 17.5. The molecule has 0 bridgehead atoms. The molecule has 0 heterocycles. The van der Waals surface area contributed by atoms with Gasteiger partial charge in [-0.25, -0.2) is 13.1 Å². The van der Waals surface area contributed by atoms with Gasteiger partial charge in [0.25, 0.3) is 5.91 Å². The van der Waals surface area contributed by atoms with Crippen LogP contribution in [0.1, 0.15) is 23.7 Å². The molecule has 0 aliphatic carbocycles. The third-order valence-corrected chi connectivity index (χ3v) is 4.86. The molecule has 0 spiro atoms. The van der Waals surface area contributed by atoms with Crippen molar-refractivity contribution in [2.24, 2.45) is 0 Å². The van der Waals surface area contributed by atoms with Gasteiger partial charge in [0.2, 0.25) is 10.0 Å². The zero-order valence-electron chi connectivity index (χ0n) is 12.5. The van der Waals surface area contributed by atoms with Crippen molar-refractivity contribution in [1.82, 2.24) is 4.72 Å². The van der Waals surface area contributed by atoms with Crippen LogP contribution < -0.4 is 10.0 Å². The minimum absolute atomic E-state index is 0.0535. The molecule has 2 N–H and O–H groups in total. The van der Waals surface area contributed by atoms with Crippen molar-refractivity contribution in [3.05, 3.63) is 59.1 Å². The number of nitrogens with one attached hydrogen (secondary N) is 2. The SMILES string of the molecule is CCCNS(=O)(=O)c1cccc(C(=O)Nc2ccccc2Cl)c1. The van der Waals surface area contributed by atoms with E-state index in [0.29, 0.717) is 23.7 Å². The van der Waals surface area contributed by atoms with Crippen LogP contribution in [0.2, 0.25) is 5.02 Å². The van der Waals surface area contributed by atoms with Crippen molar-refractivity contribution in [2.45, 2.75) is 18.2 Å². The zero-order chi connectivity index (χ0) is 16.9. The van der Waals surface area contributed by atoms with Crippen LogP contribution in [-0.4, -0.2) is 20.9 Å². The first-order valence-corrected chi connectivity index (χ1v) is 8.96. The fraction of sp³-hybridized carbons (Fsp3) is 0.188. The van der Waals surface area contributed by atoms with E-state index in [4.69, 9.17) is 11.6 Å². The number of benzene rings is 2. The van der Waals surface area contributed by atoms with E-state index in [9.17, 15) is 13.2 Å². The van der Waals surface area contributed by atoms with Gasteiger partial charge in [-0.1, -0.05) is 36.7 Å². The van der Waals surface area contributed by atoms with Gasteiger partial charge >= 0.3 is 0 Å². The molecule has 1 amide bonds. The Bertz CT molecular complexity index is 806. The van der Waals surface area contributed by atoms with Crippen molar-refractivity contribution in [3.63, 3.8) is 0 Å². The molecule has 5 nitrogen and oxygen atoms in total. The minimum Gasteiger partial charge on any atom is -0.321 e. The highest BCUT2D eigenvalue weighted by Crippen LogP contribution is 2.21. The first-order valence-electron chi connectivity index (χ1n) is 7.09. The standard InChI is InChI=1S/C16H17ClN2O3S/c1-2-10-18-23(21,22)13-7-5-6-12(11-13)16(20)19-15-9-4-3-8-14(15)17/h3-9,11,18H,2,10H2,1H3,(H,19,20). The lowest BCUT2D eigenvalue weighted by Crippen LogP contribution is -2.24. The summed E-state index contributed by atoms with van der Waals surface area (Å²) in [6.45, 7) is 2.22. The number of amides is 1. The lowest BCUT2D eigenvalue weighted by Gasteiger charge is -2.09. The van der Waals surface area contributed by atoms with Gasteiger partial charge in [-0.3, -0.25) is 4.79 Å². The maximum Gasteiger partial charge on any atom is 0.255 e. The van der Waals surface area contributed by atoms with Gasteiger partial charge in [0.1, 0.15) is 0 Å². The molecule has 0 aliphatic heterocycles. The van der Waals surface area contributed by atoms with E-state index in [2.05, 4.69) is 10.0 Å². The minimum atomic E-state index is -3.62. The van der Waals surface area contributed by atoms with Gasteiger partial charge in [0.05, 0.1) is 15.6 Å². The zero-order valence-corrected chi connectivity index (χ0v) is 14.1. The molecule has 0 aromatic heterocycles. The van der Waals surface area contributed by atoms with E-state index in [-0.39, 0.29) is 10.5 Å². The fourth-order valence-corrected chi connectivity index (χ4v) is 3.24. The Morgan fingerprint density at radius 1 is 1.13 bits per heavy atom. The van der Waals surface area contributed by atoms with Crippen LogP contribution in [0.5, 0.6) is 0 Å². The number of hydrogen-bond donors (Lipinski definition) is 2. The monoisotopic (exact) mass is 352 g/mol. The van der Waals surface area contributed by atoms with E-state index >= 15 is 0 Å². The first-order chi connectivity index (χ1) is 10.9. The number of anilines is 1. The maximum atomic E-state index is 12.3. The summed E-state index contributed by atoms with van der Waals surface area (Å²) < 4.78 is 26.7. The van der Waals surface area contributed by atoms with Gasteiger partial charge in [-0.2, -0.15) is 0 Å². The highest BCUT2D eigenvalue weighted by Gasteiger charge is 2.16. The molecule has 0 saturated carbocycles. The Morgan fingerprint density at radius 2 is 1.87 bits per heavy atom. The van der Waals surface area contributed by atoms with E-state index in [1.165, 1.54) is 18.2 Å². The fourth-order valence-electron chi connectivity index (χ4n) is 1.88. The Labute approximate surface area is 140 Å². The topological polar surface area (TPSA) is 75.3 Å². The van der Waals surface area contributed by atoms with E-state index in [1.54, 1.807) is 30.3 Å². The molecule has 2 aromatic carbocycles. The summed E-state index contributed by atoms with van der Waals surface area (Å²) in [5.74, 6) is -0.425. The van der Waals surface area contributed by atoms with Crippen molar-refractivity contribution >= 4 is 33.2 Å². The molecular weight excluding hydrogens is 336 g/mol. The average molecular weight is 353 g/mol. The van der Waals surface area contributed by atoms with Crippen molar-refractivity contribution in [1.29, 1.82) is 0 Å². The number of hydrogen-bond acceptors (Lipinski definition) is 3. The largest absolute Gasteiger partial charge is 0.321 e. The van der Waals surface area contributed by atoms with Gasteiger partial charge in [0, 0.05) is 12.1 Å². The molecule has 0 radical (unpaired) electrons. The lowest BCUT2D eigenvalue weighted by atomic mass is 10.2. The summed E-state index contributed by atoms with van der Waals surface area (Å²) in [6.07, 6.45) is 0.686. The molecule has 0 fully saturated rings. The van der Waals surface area contributed by atoms with Crippen LogP contribution in [0.4, 0.5) is 5.69 Å². The highest BCUT2D eigenvalue weighted by atomic mass is 35.5. The van der Waals surface area contributed by atoms with Crippen LogP contribution in [0.25, 0.3) is 0 Å². The Balaban J connectivity index is 2.23. The molecule has 122 valence electrons. The van der Waals surface area contributed by atoms with Crippen molar-refractivity contribution in [2.75, 3.05) is 11.9 Å². The number of sulfonamides is 1. The quantitative estimate of drug-likeness (QED) is 0.837. The third kappa shape index (κ3) is 4.54. The van der Waals surface area contributed by atoms with Gasteiger partial charge in [-0.15, -0.1) is 0 Å². The second kappa shape index (κ2) is 7.59. The molecule has 7 heteroatoms. The molecule has 2 aromatic rings. The van der Waals surface area contributed by atoms with Crippen LogP contribution in [0.3, 0.4) is 0 Å². The normalized spacial score (nSPS) is 11.2.